The molecule has 1 aliphatic carbocycles. The van der Waals surface area contributed by atoms with E-state index in [0.29, 0.717) is 12.3 Å². The largest absolute Gasteiger partial charge is 0.342 e. The predicted octanol–water partition coefficient (Wildman–Crippen LogP) is 2.73. The van der Waals surface area contributed by atoms with Gasteiger partial charge in [0.05, 0.1) is 0 Å². The number of hydrogen-bond acceptors (Lipinski definition) is 2. The fourth-order valence-electron chi connectivity index (χ4n) is 3.19. The molecule has 1 N–H and O–H groups in total. The molecule has 3 nitrogen and oxygen atoms in total. The Hall–Kier alpha value is -0.830. The highest BCUT2D eigenvalue weighted by Gasteiger charge is 2.23. The number of amides is 1. The summed E-state index contributed by atoms with van der Waals surface area (Å²) in [5, 5.41) is 3.22. The lowest BCUT2D eigenvalue weighted by Gasteiger charge is -2.32. The van der Waals surface area contributed by atoms with E-state index in [1.54, 1.807) is 0 Å². The molecule has 0 atom stereocenters. The molecule has 3 heteroatoms. The lowest BCUT2D eigenvalue weighted by molar-refractivity contribution is -0.131. The van der Waals surface area contributed by atoms with Crippen LogP contribution in [0.25, 0.3) is 0 Å². The molecule has 0 aromatic rings. The third kappa shape index (κ3) is 4.64. The Labute approximate surface area is 117 Å². The quantitative estimate of drug-likeness (QED) is 0.774. The number of carbonyl (C=O) groups is 1. The average Bonchev–Trinajstić information content (AvgIpc) is 2.46. The van der Waals surface area contributed by atoms with Crippen LogP contribution in [0.3, 0.4) is 0 Å². The molecular formula is C16H28N2O. The van der Waals surface area contributed by atoms with E-state index >= 15 is 0 Å². The van der Waals surface area contributed by atoms with Crippen LogP contribution in [0.5, 0.6) is 0 Å². The Morgan fingerprint density at radius 2 is 2.16 bits per heavy atom. The summed E-state index contributed by atoms with van der Waals surface area (Å²) >= 11 is 0. The van der Waals surface area contributed by atoms with Gasteiger partial charge in [0.25, 0.3) is 0 Å². The molecule has 0 aromatic heterocycles. The minimum Gasteiger partial charge on any atom is -0.342 e. The molecule has 2 rings (SSSR count). The summed E-state index contributed by atoms with van der Waals surface area (Å²) in [6, 6.07) is 0. The molecule has 0 unspecified atom stereocenters. The van der Waals surface area contributed by atoms with Crippen LogP contribution in [-0.2, 0) is 4.79 Å². The van der Waals surface area contributed by atoms with Gasteiger partial charge < -0.3 is 10.2 Å². The maximum Gasteiger partial charge on any atom is 0.226 e. The van der Waals surface area contributed by atoms with Gasteiger partial charge >= 0.3 is 0 Å². The van der Waals surface area contributed by atoms with Gasteiger partial charge in [-0.15, -0.1) is 0 Å². The van der Waals surface area contributed by atoms with Gasteiger partial charge in [-0.05, 0) is 64.5 Å². The summed E-state index contributed by atoms with van der Waals surface area (Å²) in [6.07, 6.45) is 11.5. The highest BCUT2D eigenvalue weighted by atomic mass is 16.2. The molecule has 1 amide bonds. The van der Waals surface area contributed by atoms with Crippen LogP contribution < -0.4 is 5.32 Å². The molecule has 0 saturated carbocycles. The van der Waals surface area contributed by atoms with Crippen LogP contribution in [0.2, 0.25) is 0 Å². The average molecular weight is 264 g/mol. The summed E-state index contributed by atoms with van der Waals surface area (Å²) in [6.45, 7) is 3.05. The van der Waals surface area contributed by atoms with E-state index in [2.05, 4.69) is 16.3 Å². The van der Waals surface area contributed by atoms with Crippen LogP contribution in [0.15, 0.2) is 11.6 Å². The molecule has 0 radical (unpaired) electrons. The van der Waals surface area contributed by atoms with Crippen molar-refractivity contribution in [1.82, 2.24) is 10.2 Å². The van der Waals surface area contributed by atoms with Crippen molar-refractivity contribution in [1.29, 1.82) is 0 Å². The smallest absolute Gasteiger partial charge is 0.226 e. The van der Waals surface area contributed by atoms with Crippen molar-refractivity contribution in [2.75, 3.05) is 26.7 Å². The van der Waals surface area contributed by atoms with Crippen molar-refractivity contribution in [3.05, 3.63) is 11.6 Å². The highest BCUT2D eigenvalue weighted by molar-refractivity contribution is 5.78. The third-order valence-electron chi connectivity index (χ3n) is 4.53. The molecule has 108 valence electrons. The SMILES string of the molecule is CNCCC1CCN(C(=O)CC2=CCCCC2)CC1. The Morgan fingerprint density at radius 1 is 1.37 bits per heavy atom. The summed E-state index contributed by atoms with van der Waals surface area (Å²) in [4.78, 5) is 14.3. The topological polar surface area (TPSA) is 32.3 Å². The summed E-state index contributed by atoms with van der Waals surface area (Å²) < 4.78 is 0. The van der Waals surface area contributed by atoms with Gasteiger partial charge in [-0.25, -0.2) is 0 Å². The van der Waals surface area contributed by atoms with Gasteiger partial charge in [0.1, 0.15) is 0 Å². The van der Waals surface area contributed by atoms with Gasteiger partial charge in [0, 0.05) is 19.5 Å². The van der Waals surface area contributed by atoms with Crippen molar-refractivity contribution in [3.8, 4) is 0 Å². The van der Waals surface area contributed by atoms with Gasteiger partial charge in [-0.3, -0.25) is 4.79 Å². The maximum absolute atomic E-state index is 12.3. The number of piperidine rings is 1. The normalized spacial score (nSPS) is 21.3. The van der Waals surface area contributed by atoms with E-state index in [0.717, 1.165) is 32.0 Å². The van der Waals surface area contributed by atoms with E-state index < -0.39 is 0 Å². The summed E-state index contributed by atoms with van der Waals surface area (Å²) in [7, 11) is 2.01. The van der Waals surface area contributed by atoms with E-state index in [1.807, 2.05) is 7.05 Å². The fourth-order valence-corrected chi connectivity index (χ4v) is 3.19. The number of carbonyl (C=O) groups excluding carboxylic acids is 1. The van der Waals surface area contributed by atoms with Crippen molar-refractivity contribution < 1.29 is 4.79 Å². The molecule has 0 bridgehead atoms. The van der Waals surface area contributed by atoms with Crippen molar-refractivity contribution in [2.24, 2.45) is 5.92 Å². The Morgan fingerprint density at radius 3 is 2.79 bits per heavy atom. The molecule has 1 aliphatic heterocycles. The van der Waals surface area contributed by atoms with Gasteiger partial charge in [0.2, 0.25) is 5.91 Å². The zero-order valence-corrected chi connectivity index (χ0v) is 12.3. The maximum atomic E-state index is 12.3. The highest BCUT2D eigenvalue weighted by Crippen LogP contribution is 2.24. The second-order valence-electron chi connectivity index (χ2n) is 6.00. The van der Waals surface area contributed by atoms with Crippen LogP contribution in [-0.4, -0.2) is 37.5 Å². The second-order valence-corrected chi connectivity index (χ2v) is 6.00. The number of hydrogen-bond donors (Lipinski definition) is 1. The molecule has 0 spiro atoms. The van der Waals surface area contributed by atoms with Gasteiger partial charge in [0.15, 0.2) is 0 Å². The van der Waals surface area contributed by atoms with E-state index in [9.17, 15) is 4.79 Å². The monoisotopic (exact) mass is 264 g/mol. The first-order valence-electron chi connectivity index (χ1n) is 7.90. The Bertz CT molecular complexity index is 317. The van der Waals surface area contributed by atoms with Crippen LogP contribution in [0.1, 0.15) is 51.4 Å². The lowest BCUT2D eigenvalue weighted by Crippen LogP contribution is -2.39. The van der Waals surface area contributed by atoms with Crippen LogP contribution >= 0.6 is 0 Å². The van der Waals surface area contributed by atoms with Crippen molar-refractivity contribution in [2.45, 2.75) is 51.4 Å². The Kier molecular flexibility index (Phi) is 5.90. The van der Waals surface area contributed by atoms with E-state index in [1.165, 1.54) is 44.1 Å². The predicted molar refractivity (Wildman–Crippen MR) is 79.0 cm³/mol. The lowest BCUT2D eigenvalue weighted by atomic mass is 9.92. The molecule has 0 aromatic carbocycles. The Balaban J connectivity index is 1.71. The first kappa shape index (κ1) is 14.6. The molecular weight excluding hydrogens is 236 g/mol. The first-order valence-corrected chi connectivity index (χ1v) is 7.90. The summed E-state index contributed by atoms with van der Waals surface area (Å²) in [5.74, 6) is 1.17. The molecule has 1 fully saturated rings. The molecule has 2 aliphatic rings. The zero-order valence-electron chi connectivity index (χ0n) is 12.3. The van der Waals surface area contributed by atoms with E-state index in [4.69, 9.17) is 0 Å². The second kappa shape index (κ2) is 7.68. The number of likely N-dealkylation sites (tertiary alicyclic amines) is 1. The molecule has 1 saturated heterocycles. The number of rotatable bonds is 5. The summed E-state index contributed by atoms with van der Waals surface area (Å²) in [5.41, 5.74) is 1.38. The van der Waals surface area contributed by atoms with Crippen LogP contribution in [0, 0.1) is 5.92 Å². The minimum atomic E-state index is 0.361. The number of nitrogens with one attached hydrogen (secondary N) is 1. The van der Waals surface area contributed by atoms with Gasteiger partial charge in [-0.2, -0.15) is 0 Å². The third-order valence-corrected chi connectivity index (χ3v) is 4.53. The fraction of sp³-hybridized carbons (Fsp3) is 0.812. The minimum absolute atomic E-state index is 0.361. The molecule has 1 heterocycles. The van der Waals surface area contributed by atoms with Crippen molar-refractivity contribution >= 4 is 5.91 Å². The number of nitrogens with zero attached hydrogens (tertiary/aromatic N) is 1. The van der Waals surface area contributed by atoms with E-state index in [-0.39, 0.29) is 0 Å². The van der Waals surface area contributed by atoms with Gasteiger partial charge in [-0.1, -0.05) is 11.6 Å². The van der Waals surface area contributed by atoms with Crippen LogP contribution in [0.4, 0.5) is 0 Å². The zero-order chi connectivity index (χ0) is 13.5. The first-order chi connectivity index (χ1) is 9.29. The number of allylic oxidation sites excluding steroid dienone is 1. The standard InChI is InChI=1S/C16H28N2O/c1-17-10-7-14-8-11-18(12-9-14)16(19)13-15-5-3-2-4-6-15/h5,14,17H,2-4,6-13H2,1H3. The van der Waals surface area contributed by atoms with Crippen molar-refractivity contribution in [3.63, 3.8) is 0 Å². The molecule has 19 heavy (non-hydrogen) atoms.